The maximum absolute atomic E-state index is 13.5. The lowest BCUT2D eigenvalue weighted by atomic mass is 9.82. The molecule has 1 saturated carbocycles. The molecule has 2 bridgehead atoms. The van der Waals surface area contributed by atoms with Gasteiger partial charge in [-0.15, -0.1) is 0 Å². The predicted molar refractivity (Wildman–Crippen MR) is 120 cm³/mol. The molecule has 3 heterocycles. The van der Waals surface area contributed by atoms with E-state index in [1.807, 2.05) is 13.0 Å². The summed E-state index contributed by atoms with van der Waals surface area (Å²) in [5, 5.41) is 4.47. The number of hydrogen-bond donors (Lipinski definition) is 0. The van der Waals surface area contributed by atoms with Crippen LogP contribution in [0, 0.1) is 30.5 Å². The molecule has 2 fully saturated rings. The van der Waals surface area contributed by atoms with Crippen LogP contribution in [0.5, 0.6) is 11.8 Å². The summed E-state index contributed by atoms with van der Waals surface area (Å²) in [5.41, 5.74) is 0.965. The van der Waals surface area contributed by atoms with E-state index >= 15 is 0 Å². The summed E-state index contributed by atoms with van der Waals surface area (Å²) in [7, 11) is 0. The summed E-state index contributed by atoms with van der Waals surface area (Å²) in [5.74, 6) is 2.91. The van der Waals surface area contributed by atoms with Crippen molar-refractivity contribution in [1.82, 2.24) is 24.7 Å². The van der Waals surface area contributed by atoms with Crippen molar-refractivity contribution in [3.63, 3.8) is 0 Å². The second-order valence-corrected chi connectivity index (χ2v) is 9.20. The normalized spacial score (nSPS) is 22.1. The van der Waals surface area contributed by atoms with Gasteiger partial charge in [0.1, 0.15) is 30.4 Å². The van der Waals surface area contributed by atoms with Crippen LogP contribution in [-0.4, -0.2) is 44.5 Å². The van der Waals surface area contributed by atoms with E-state index in [0.29, 0.717) is 35.7 Å². The molecule has 2 atom stereocenters. The van der Waals surface area contributed by atoms with Crippen molar-refractivity contribution in [3.8, 4) is 11.8 Å². The second kappa shape index (κ2) is 9.21. The van der Waals surface area contributed by atoms with Gasteiger partial charge in [-0.1, -0.05) is 11.6 Å². The molecule has 3 aromatic rings. The Labute approximate surface area is 195 Å². The van der Waals surface area contributed by atoms with Crippen molar-refractivity contribution in [2.75, 3.05) is 24.7 Å². The van der Waals surface area contributed by atoms with Gasteiger partial charge in [0, 0.05) is 37.3 Å². The molecule has 1 aliphatic heterocycles. The predicted octanol–water partition coefficient (Wildman–Crippen LogP) is 4.64. The number of ether oxygens (including phenoxy) is 1. The molecule has 33 heavy (non-hydrogen) atoms. The van der Waals surface area contributed by atoms with E-state index in [0.717, 1.165) is 24.6 Å². The third-order valence-corrected chi connectivity index (χ3v) is 6.93. The van der Waals surface area contributed by atoms with Crippen molar-refractivity contribution >= 4 is 17.4 Å². The minimum Gasteiger partial charge on any atom is -0.424 e. The van der Waals surface area contributed by atoms with E-state index in [2.05, 4.69) is 25.0 Å². The number of anilines is 1. The van der Waals surface area contributed by atoms with Gasteiger partial charge < -0.3 is 9.64 Å². The first-order valence-corrected chi connectivity index (χ1v) is 11.5. The highest BCUT2D eigenvalue weighted by atomic mass is 35.5. The molecule has 10 heteroatoms. The molecule has 5 rings (SSSR count). The van der Waals surface area contributed by atoms with E-state index in [1.54, 1.807) is 6.33 Å². The summed E-state index contributed by atoms with van der Waals surface area (Å²) in [6.45, 7) is 3.31. The van der Waals surface area contributed by atoms with Crippen LogP contribution in [0.15, 0.2) is 30.6 Å². The van der Waals surface area contributed by atoms with E-state index in [-0.39, 0.29) is 17.6 Å². The quantitative estimate of drug-likeness (QED) is 0.497. The molecule has 0 spiro atoms. The monoisotopic (exact) mass is 474 g/mol. The van der Waals surface area contributed by atoms with E-state index in [9.17, 15) is 8.78 Å². The van der Waals surface area contributed by atoms with Crippen LogP contribution in [0.25, 0.3) is 0 Å². The largest absolute Gasteiger partial charge is 0.424 e. The number of halogens is 3. The third kappa shape index (κ3) is 4.64. The highest BCUT2D eigenvalue weighted by Gasteiger charge is 2.42. The van der Waals surface area contributed by atoms with Crippen LogP contribution >= 0.6 is 11.6 Å². The average molecular weight is 475 g/mol. The Hall–Kier alpha value is -2.81. The summed E-state index contributed by atoms with van der Waals surface area (Å²) in [6.07, 6.45) is 4.67. The van der Waals surface area contributed by atoms with Crippen LogP contribution in [-0.2, 0) is 13.0 Å². The fourth-order valence-electron chi connectivity index (χ4n) is 5.09. The van der Waals surface area contributed by atoms with E-state index in [4.69, 9.17) is 16.3 Å². The fourth-order valence-corrected chi connectivity index (χ4v) is 5.26. The van der Waals surface area contributed by atoms with Crippen molar-refractivity contribution in [3.05, 3.63) is 53.0 Å². The van der Waals surface area contributed by atoms with Gasteiger partial charge in [0.2, 0.25) is 0 Å². The molecule has 0 amide bonds. The van der Waals surface area contributed by atoms with Crippen molar-refractivity contribution in [2.24, 2.45) is 17.8 Å². The van der Waals surface area contributed by atoms with E-state index < -0.39 is 12.5 Å². The molecule has 2 aromatic heterocycles. The van der Waals surface area contributed by atoms with Gasteiger partial charge in [0.05, 0.1) is 11.6 Å². The van der Waals surface area contributed by atoms with Crippen LogP contribution < -0.4 is 9.64 Å². The highest BCUT2D eigenvalue weighted by molar-refractivity contribution is 6.30. The van der Waals surface area contributed by atoms with Crippen molar-refractivity contribution in [1.29, 1.82) is 0 Å². The zero-order valence-electron chi connectivity index (χ0n) is 18.3. The summed E-state index contributed by atoms with van der Waals surface area (Å²) in [4.78, 5) is 15.6. The van der Waals surface area contributed by atoms with Crippen LogP contribution in [0.1, 0.15) is 24.4 Å². The fraction of sp³-hybridized carbons (Fsp3) is 0.478. The molecule has 1 aromatic carbocycles. The molecule has 2 aliphatic rings. The highest BCUT2D eigenvalue weighted by Crippen LogP contribution is 2.44. The SMILES string of the molecule is Cc1cc(N2CC3CCC(C2)C3Cc2nc(Oc3ccc(F)c(Cl)c3)n(CCF)n2)ncn1. The first kappa shape index (κ1) is 22.0. The first-order chi connectivity index (χ1) is 16.0. The minimum absolute atomic E-state index is 0.0373. The number of nitrogens with zero attached hydrogens (tertiary/aromatic N) is 6. The number of rotatable bonds is 7. The average Bonchev–Trinajstić information content (AvgIpc) is 3.26. The Morgan fingerprint density at radius 1 is 1.15 bits per heavy atom. The second-order valence-electron chi connectivity index (χ2n) is 8.79. The lowest BCUT2D eigenvalue weighted by molar-refractivity contribution is 0.264. The molecule has 174 valence electrons. The van der Waals surface area contributed by atoms with Crippen LogP contribution in [0.4, 0.5) is 14.6 Å². The molecule has 1 saturated heterocycles. The minimum atomic E-state index is -0.592. The molecule has 7 nitrogen and oxygen atoms in total. The number of fused-ring (bicyclic) bond motifs is 2. The molecule has 0 N–H and O–H groups in total. The van der Waals surface area contributed by atoms with Gasteiger partial charge in [-0.3, -0.25) is 0 Å². The summed E-state index contributed by atoms with van der Waals surface area (Å²) >= 11 is 5.85. The third-order valence-electron chi connectivity index (χ3n) is 6.64. The van der Waals surface area contributed by atoms with Gasteiger partial charge in [-0.05, 0) is 49.7 Å². The number of benzene rings is 1. The van der Waals surface area contributed by atoms with E-state index in [1.165, 1.54) is 35.7 Å². The van der Waals surface area contributed by atoms with Gasteiger partial charge in [-0.2, -0.15) is 10.1 Å². The Morgan fingerprint density at radius 2 is 1.94 bits per heavy atom. The number of piperidine rings is 1. The number of hydrogen-bond acceptors (Lipinski definition) is 6. The Balaban J connectivity index is 1.31. The molecule has 2 unspecified atom stereocenters. The van der Waals surface area contributed by atoms with Crippen molar-refractivity contribution in [2.45, 2.75) is 32.7 Å². The van der Waals surface area contributed by atoms with Gasteiger partial charge in [0.25, 0.3) is 0 Å². The van der Waals surface area contributed by atoms with Gasteiger partial charge in [-0.25, -0.2) is 23.4 Å². The molecule has 1 aliphatic carbocycles. The molecule has 0 radical (unpaired) electrons. The number of aryl methyl sites for hydroxylation is 2. The Kier molecular flexibility index (Phi) is 6.14. The van der Waals surface area contributed by atoms with Gasteiger partial charge in [0.15, 0.2) is 5.82 Å². The molecular weight excluding hydrogens is 450 g/mol. The Morgan fingerprint density at radius 3 is 2.64 bits per heavy atom. The summed E-state index contributed by atoms with van der Waals surface area (Å²) < 4.78 is 33.8. The standard InChI is InChI=1S/C23H25ClF2N6O/c1-14-8-22(28-13-27-14)31-11-15-2-3-16(12-31)18(15)10-21-29-23(32(30-21)7-6-25)33-17-4-5-20(26)19(24)9-17/h4-5,8-9,13,15-16,18H,2-3,6-7,10-12H2,1H3. The first-order valence-electron chi connectivity index (χ1n) is 11.2. The summed E-state index contributed by atoms with van der Waals surface area (Å²) in [6, 6.07) is 6.27. The lowest BCUT2D eigenvalue weighted by Gasteiger charge is -2.38. The van der Waals surface area contributed by atoms with Crippen molar-refractivity contribution < 1.29 is 13.5 Å². The Bertz CT molecular complexity index is 1130. The number of aromatic nitrogens is 5. The maximum atomic E-state index is 13.5. The maximum Gasteiger partial charge on any atom is 0.320 e. The zero-order chi connectivity index (χ0) is 22.9. The lowest BCUT2D eigenvalue weighted by Crippen LogP contribution is -2.43. The zero-order valence-corrected chi connectivity index (χ0v) is 19.0. The van der Waals surface area contributed by atoms with Gasteiger partial charge >= 0.3 is 6.01 Å². The topological polar surface area (TPSA) is 69.0 Å². The molecular formula is C23H25ClF2N6O. The van der Waals surface area contributed by atoms with Crippen LogP contribution in [0.2, 0.25) is 5.02 Å². The smallest absolute Gasteiger partial charge is 0.320 e. The van der Waals surface area contributed by atoms with Crippen LogP contribution in [0.3, 0.4) is 0 Å². The number of alkyl halides is 1.